The van der Waals surface area contributed by atoms with Crippen LogP contribution in [0.5, 0.6) is 0 Å². The quantitative estimate of drug-likeness (QED) is 0.910. The standard InChI is InChI=1S/C12H12F2N2S/c13-9-3-8(4-10(14)6-9)5-12-16-11(1-2-15)7-17-12/h3-4,6-7H,1-2,5,15H2. The van der Waals surface area contributed by atoms with E-state index in [4.69, 9.17) is 5.73 Å². The van der Waals surface area contributed by atoms with E-state index in [1.165, 1.54) is 23.5 Å². The molecule has 2 nitrogen and oxygen atoms in total. The van der Waals surface area contributed by atoms with Crippen molar-refractivity contribution < 1.29 is 8.78 Å². The molecule has 0 saturated heterocycles. The van der Waals surface area contributed by atoms with Gasteiger partial charge in [0.25, 0.3) is 0 Å². The van der Waals surface area contributed by atoms with E-state index >= 15 is 0 Å². The van der Waals surface area contributed by atoms with E-state index in [9.17, 15) is 8.78 Å². The lowest BCUT2D eigenvalue weighted by Gasteiger charge is -1.99. The van der Waals surface area contributed by atoms with E-state index in [0.717, 1.165) is 23.2 Å². The van der Waals surface area contributed by atoms with Crippen LogP contribution in [0.4, 0.5) is 8.78 Å². The predicted octanol–water partition coefficient (Wildman–Crippen LogP) is 2.51. The number of thiazole rings is 1. The molecule has 0 bridgehead atoms. The summed E-state index contributed by atoms with van der Waals surface area (Å²) in [5.74, 6) is -1.11. The SMILES string of the molecule is NCCc1csc(Cc2cc(F)cc(F)c2)n1. The van der Waals surface area contributed by atoms with Crippen molar-refractivity contribution >= 4 is 11.3 Å². The van der Waals surface area contributed by atoms with E-state index < -0.39 is 11.6 Å². The maximum atomic E-state index is 13.0. The highest BCUT2D eigenvalue weighted by molar-refractivity contribution is 7.09. The van der Waals surface area contributed by atoms with E-state index in [-0.39, 0.29) is 0 Å². The van der Waals surface area contributed by atoms with Gasteiger partial charge < -0.3 is 5.73 Å². The molecule has 0 radical (unpaired) electrons. The normalized spacial score (nSPS) is 10.8. The van der Waals surface area contributed by atoms with Gasteiger partial charge in [-0.05, 0) is 24.2 Å². The zero-order chi connectivity index (χ0) is 12.3. The highest BCUT2D eigenvalue weighted by Gasteiger charge is 2.05. The van der Waals surface area contributed by atoms with Gasteiger partial charge in [-0.15, -0.1) is 11.3 Å². The smallest absolute Gasteiger partial charge is 0.126 e. The van der Waals surface area contributed by atoms with Gasteiger partial charge in [-0.25, -0.2) is 13.8 Å². The maximum Gasteiger partial charge on any atom is 0.126 e. The van der Waals surface area contributed by atoms with Crippen LogP contribution < -0.4 is 5.73 Å². The molecule has 2 aromatic rings. The highest BCUT2D eigenvalue weighted by atomic mass is 32.1. The summed E-state index contributed by atoms with van der Waals surface area (Å²) in [5, 5.41) is 2.77. The van der Waals surface area contributed by atoms with Crippen molar-refractivity contribution in [2.75, 3.05) is 6.54 Å². The van der Waals surface area contributed by atoms with Gasteiger partial charge in [-0.1, -0.05) is 0 Å². The van der Waals surface area contributed by atoms with Crippen LogP contribution >= 0.6 is 11.3 Å². The molecular formula is C12H12F2N2S. The molecule has 1 aromatic carbocycles. The van der Waals surface area contributed by atoms with Crippen LogP contribution in [0.2, 0.25) is 0 Å². The van der Waals surface area contributed by atoms with E-state index in [2.05, 4.69) is 4.98 Å². The first-order valence-corrected chi connectivity index (χ1v) is 6.13. The molecule has 2 rings (SSSR count). The molecule has 2 N–H and O–H groups in total. The fourth-order valence-corrected chi connectivity index (χ4v) is 2.44. The van der Waals surface area contributed by atoms with Gasteiger partial charge in [0.1, 0.15) is 11.6 Å². The van der Waals surface area contributed by atoms with Crippen LogP contribution in [0, 0.1) is 11.6 Å². The maximum absolute atomic E-state index is 13.0. The lowest BCUT2D eigenvalue weighted by Crippen LogP contribution is -2.03. The first kappa shape index (κ1) is 12.1. The molecule has 5 heteroatoms. The molecular weight excluding hydrogens is 242 g/mol. The Hall–Kier alpha value is -1.33. The van der Waals surface area contributed by atoms with E-state index in [0.29, 0.717) is 18.5 Å². The van der Waals surface area contributed by atoms with Crippen molar-refractivity contribution in [1.29, 1.82) is 0 Å². The molecule has 0 aliphatic carbocycles. The summed E-state index contributed by atoms with van der Waals surface area (Å²) in [4.78, 5) is 4.35. The lowest BCUT2D eigenvalue weighted by atomic mass is 10.1. The molecule has 0 unspecified atom stereocenters. The van der Waals surface area contributed by atoms with Gasteiger partial charge in [0.05, 0.1) is 10.7 Å². The summed E-state index contributed by atoms with van der Waals surface area (Å²) in [7, 11) is 0. The van der Waals surface area contributed by atoms with E-state index in [1.807, 2.05) is 5.38 Å². The lowest BCUT2D eigenvalue weighted by molar-refractivity contribution is 0.580. The molecule has 1 aromatic heterocycles. The molecule has 0 atom stereocenters. The Morgan fingerprint density at radius 1 is 1.18 bits per heavy atom. The van der Waals surface area contributed by atoms with Gasteiger partial charge in [-0.3, -0.25) is 0 Å². The number of nitrogens with two attached hydrogens (primary N) is 1. The van der Waals surface area contributed by atoms with Crippen LogP contribution in [-0.4, -0.2) is 11.5 Å². The average molecular weight is 254 g/mol. The summed E-state index contributed by atoms with van der Waals surface area (Å²) in [6.45, 7) is 0.553. The number of halogens is 2. The third-order valence-electron chi connectivity index (χ3n) is 2.28. The van der Waals surface area contributed by atoms with Crippen molar-refractivity contribution in [2.24, 2.45) is 5.73 Å². The molecule has 0 fully saturated rings. The van der Waals surface area contributed by atoms with Gasteiger partial charge in [0, 0.05) is 24.3 Å². The molecule has 0 spiro atoms. The zero-order valence-corrected chi connectivity index (χ0v) is 9.94. The third-order valence-corrected chi connectivity index (χ3v) is 3.18. The van der Waals surface area contributed by atoms with Crippen LogP contribution in [0.25, 0.3) is 0 Å². The predicted molar refractivity (Wildman–Crippen MR) is 64.0 cm³/mol. The number of hydrogen-bond acceptors (Lipinski definition) is 3. The Bertz CT molecular complexity index is 491. The van der Waals surface area contributed by atoms with Gasteiger partial charge in [-0.2, -0.15) is 0 Å². The fourth-order valence-electron chi connectivity index (χ4n) is 1.58. The second-order valence-electron chi connectivity index (χ2n) is 3.73. The Morgan fingerprint density at radius 3 is 2.53 bits per heavy atom. The number of nitrogens with zero attached hydrogens (tertiary/aromatic N) is 1. The van der Waals surface area contributed by atoms with Gasteiger partial charge in [0.15, 0.2) is 0 Å². The van der Waals surface area contributed by atoms with Crippen molar-refractivity contribution in [2.45, 2.75) is 12.8 Å². The summed E-state index contributed by atoms with van der Waals surface area (Å²) in [5.41, 5.74) is 6.96. The summed E-state index contributed by atoms with van der Waals surface area (Å²) in [6.07, 6.45) is 1.18. The minimum atomic E-state index is -0.557. The van der Waals surface area contributed by atoms with Crippen molar-refractivity contribution in [3.63, 3.8) is 0 Å². The van der Waals surface area contributed by atoms with Crippen LogP contribution in [0.1, 0.15) is 16.3 Å². The molecule has 0 amide bonds. The molecule has 0 saturated carbocycles. The van der Waals surface area contributed by atoms with Crippen molar-refractivity contribution in [3.8, 4) is 0 Å². The number of hydrogen-bond donors (Lipinski definition) is 1. The molecule has 1 heterocycles. The fraction of sp³-hybridized carbons (Fsp3) is 0.250. The number of aromatic nitrogens is 1. The molecule has 17 heavy (non-hydrogen) atoms. The Labute approximate surface area is 102 Å². The number of rotatable bonds is 4. The largest absolute Gasteiger partial charge is 0.330 e. The average Bonchev–Trinajstić information content (AvgIpc) is 2.64. The Balaban J connectivity index is 2.13. The Morgan fingerprint density at radius 2 is 1.88 bits per heavy atom. The van der Waals surface area contributed by atoms with E-state index in [1.54, 1.807) is 0 Å². The first-order chi connectivity index (χ1) is 8.17. The minimum Gasteiger partial charge on any atom is -0.330 e. The van der Waals surface area contributed by atoms with Crippen molar-refractivity contribution in [3.05, 3.63) is 51.5 Å². The summed E-state index contributed by atoms with van der Waals surface area (Å²) < 4.78 is 26.0. The second kappa shape index (κ2) is 5.33. The van der Waals surface area contributed by atoms with Gasteiger partial charge >= 0.3 is 0 Å². The summed E-state index contributed by atoms with van der Waals surface area (Å²) >= 11 is 1.48. The molecule has 0 aliphatic heterocycles. The molecule has 90 valence electrons. The second-order valence-corrected chi connectivity index (χ2v) is 4.67. The van der Waals surface area contributed by atoms with Gasteiger partial charge in [0.2, 0.25) is 0 Å². The monoisotopic (exact) mass is 254 g/mol. The molecule has 0 aliphatic rings. The number of benzene rings is 1. The first-order valence-electron chi connectivity index (χ1n) is 5.25. The minimum absolute atomic E-state index is 0.448. The Kier molecular flexibility index (Phi) is 3.81. The topological polar surface area (TPSA) is 38.9 Å². The summed E-state index contributed by atoms with van der Waals surface area (Å²) in [6, 6.07) is 3.52. The van der Waals surface area contributed by atoms with Crippen molar-refractivity contribution in [1.82, 2.24) is 4.98 Å². The highest BCUT2D eigenvalue weighted by Crippen LogP contribution is 2.16. The van der Waals surface area contributed by atoms with Crippen LogP contribution in [-0.2, 0) is 12.8 Å². The van der Waals surface area contributed by atoms with Crippen LogP contribution in [0.3, 0.4) is 0 Å². The zero-order valence-electron chi connectivity index (χ0n) is 9.12. The third kappa shape index (κ3) is 3.31. The van der Waals surface area contributed by atoms with Crippen LogP contribution in [0.15, 0.2) is 23.6 Å².